The third-order valence-electron chi connectivity index (χ3n) is 12.0. The van der Waals surface area contributed by atoms with E-state index in [0.717, 1.165) is 43.9 Å². The molecule has 388 valence electrons. The fraction of sp³-hybridized carbons (Fsp3) is 0.760. The first kappa shape index (κ1) is 59.4. The van der Waals surface area contributed by atoms with Gasteiger partial charge in [-0.05, 0) is 25.8 Å². The van der Waals surface area contributed by atoms with E-state index in [0.29, 0.717) is 41.8 Å². The number of nitrogens with zero attached hydrogens (tertiary/aromatic N) is 3. The molecule has 18 heteroatoms. The highest BCUT2D eigenvalue weighted by Crippen LogP contribution is 2.60. The van der Waals surface area contributed by atoms with Crippen LogP contribution >= 0.6 is 15.6 Å². The number of hydrogen-bond acceptors (Lipinski definition) is 13. The van der Waals surface area contributed by atoms with Gasteiger partial charge in [-0.1, -0.05) is 186 Å². The summed E-state index contributed by atoms with van der Waals surface area (Å²) in [6, 6.07) is 7.30. The van der Waals surface area contributed by atoms with Crippen LogP contribution in [0.4, 0.5) is 5.82 Å². The van der Waals surface area contributed by atoms with E-state index in [2.05, 4.69) is 28.1 Å². The number of rotatable bonds is 43. The van der Waals surface area contributed by atoms with Gasteiger partial charge in [0.25, 0.3) is 0 Å². The van der Waals surface area contributed by atoms with E-state index < -0.39 is 53.5 Å². The summed E-state index contributed by atoms with van der Waals surface area (Å²) in [6.07, 6.45) is 29.2. The Morgan fingerprint density at radius 1 is 0.647 bits per heavy atom. The number of carbonyl (C=O) groups is 2. The van der Waals surface area contributed by atoms with E-state index in [-0.39, 0.29) is 31.8 Å². The molecule has 16 nitrogen and oxygen atoms in total. The SMILES string of the molecule is CCCCCCCCCCCCCCCC(=O)OC[C@H](COP(=O)(O)OP(=O)(O)OCCn1c(COCC)nc2c(N)nc3ccccc3c21)OC(=O)CCCCCCCCCCCCCCC. The van der Waals surface area contributed by atoms with Crippen LogP contribution in [0.25, 0.3) is 21.9 Å². The molecule has 0 amide bonds. The quantitative estimate of drug-likeness (QED) is 0.0273. The second-order valence-corrected chi connectivity index (χ2v) is 21.0. The van der Waals surface area contributed by atoms with Crippen molar-refractivity contribution in [2.24, 2.45) is 0 Å². The number of esters is 2. The van der Waals surface area contributed by atoms with Crippen LogP contribution in [-0.2, 0) is 59.4 Å². The van der Waals surface area contributed by atoms with Crippen molar-refractivity contribution < 1.29 is 56.1 Å². The van der Waals surface area contributed by atoms with Crippen LogP contribution in [0.1, 0.15) is 206 Å². The van der Waals surface area contributed by atoms with Crippen LogP contribution in [0.3, 0.4) is 0 Å². The molecule has 0 radical (unpaired) electrons. The zero-order chi connectivity index (χ0) is 49.3. The number of nitrogens with two attached hydrogens (primary N) is 1. The number of benzene rings is 1. The molecule has 0 bridgehead atoms. The molecule has 68 heavy (non-hydrogen) atoms. The van der Waals surface area contributed by atoms with Crippen molar-refractivity contribution in [3.8, 4) is 0 Å². The number of unbranched alkanes of at least 4 members (excludes halogenated alkanes) is 24. The molecular formula is C50H86N4O12P2. The molecule has 0 aliphatic rings. The molecule has 2 heterocycles. The van der Waals surface area contributed by atoms with Gasteiger partial charge in [0.1, 0.15) is 24.6 Å². The second-order valence-electron chi connectivity index (χ2n) is 18.0. The molecule has 0 aliphatic heterocycles. The summed E-state index contributed by atoms with van der Waals surface area (Å²) in [6.45, 7) is 5.11. The molecule has 0 spiro atoms. The molecule has 2 aromatic heterocycles. The Hall–Kier alpha value is -2.94. The van der Waals surface area contributed by atoms with Crippen LogP contribution in [-0.4, -0.2) is 68.8 Å². The number of phosphoric ester groups is 2. The molecule has 0 saturated carbocycles. The predicted octanol–water partition coefficient (Wildman–Crippen LogP) is 13.4. The van der Waals surface area contributed by atoms with Crippen molar-refractivity contribution in [1.82, 2.24) is 14.5 Å². The molecule has 1 aromatic carbocycles. The first-order valence-electron chi connectivity index (χ1n) is 26.0. The average Bonchev–Trinajstić information content (AvgIpc) is 3.68. The Labute approximate surface area is 406 Å². The van der Waals surface area contributed by atoms with E-state index in [1.807, 2.05) is 25.1 Å². The fourth-order valence-corrected chi connectivity index (χ4v) is 10.3. The first-order chi connectivity index (χ1) is 32.9. The van der Waals surface area contributed by atoms with Gasteiger partial charge < -0.3 is 34.3 Å². The largest absolute Gasteiger partial charge is 0.481 e. The highest BCUT2D eigenvalue weighted by molar-refractivity contribution is 7.61. The third-order valence-corrected chi connectivity index (χ3v) is 14.7. The van der Waals surface area contributed by atoms with E-state index in [1.165, 1.54) is 116 Å². The number of aromatic nitrogens is 3. The van der Waals surface area contributed by atoms with E-state index in [1.54, 1.807) is 10.6 Å². The first-order valence-corrected chi connectivity index (χ1v) is 29.0. The molecule has 0 fully saturated rings. The number of imidazole rings is 1. The summed E-state index contributed by atoms with van der Waals surface area (Å²) in [5.41, 5.74) is 7.89. The molecule has 0 aliphatic carbocycles. The number of anilines is 1. The van der Waals surface area contributed by atoms with E-state index in [4.69, 9.17) is 29.0 Å². The highest BCUT2D eigenvalue weighted by atomic mass is 31.3. The Morgan fingerprint density at radius 3 is 1.66 bits per heavy atom. The summed E-state index contributed by atoms with van der Waals surface area (Å²) >= 11 is 0. The minimum Gasteiger partial charge on any atom is -0.462 e. The molecule has 3 aromatic rings. The lowest BCUT2D eigenvalue weighted by molar-refractivity contribution is -0.161. The lowest BCUT2D eigenvalue weighted by atomic mass is 10.0. The number of fused-ring (bicyclic) bond motifs is 3. The number of para-hydroxylation sites is 1. The van der Waals surface area contributed by atoms with Crippen molar-refractivity contribution in [3.63, 3.8) is 0 Å². The third kappa shape index (κ3) is 25.3. The van der Waals surface area contributed by atoms with Crippen molar-refractivity contribution >= 4 is 55.3 Å². The lowest BCUT2D eigenvalue weighted by Gasteiger charge is -2.21. The minimum atomic E-state index is -5.29. The summed E-state index contributed by atoms with van der Waals surface area (Å²) in [7, 11) is -10.5. The summed E-state index contributed by atoms with van der Waals surface area (Å²) < 4.78 is 59.2. The summed E-state index contributed by atoms with van der Waals surface area (Å²) in [4.78, 5) is 55.8. The van der Waals surface area contributed by atoms with Gasteiger partial charge in [0, 0.05) is 31.4 Å². The topological polar surface area (TPSA) is 221 Å². The summed E-state index contributed by atoms with van der Waals surface area (Å²) in [5.74, 6) is -0.428. The minimum absolute atomic E-state index is 0.0428. The van der Waals surface area contributed by atoms with Crippen LogP contribution in [0.15, 0.2) is 24.3 Å². The van der Waals surface area contributed by atoms with E-state index in [9.17, 15) is 28.5 Å². The van der Waals surface area contributed by atoms with E-state index >= 15 is 0 Å². The van der Waals surface area contributed by atoms with Gasteiger partial charge in [0.05, 0.1) is 24.2 Å². The highest BCUT2D eigenvalue weighted by Gasteiger charge is 2.36. The molecule has 3 atom stereocenters. The number of nitrogen functional groups attached to an aromatic ring is 1. The molecule has 4 N–H and O–H groups in total. The van der Waals surface area contributed by atoms with Crippen molar-refractivity contribution in [2.45, 2.75) is 220 Å². The van der Waals surface area contributed by atoms with Crippen LogP contribution in [0, 0.1) is 0 Å². The van der Waals surface area contributed by atoms with Crippen LogP contribution in [0.2, 0.25) is 0 Å². The maximum atomic E-state index is 13.0. The Bertz CT molecular complexity index is 1950. The smallest absolute Gasteiger partial charge is 0.462 e. The Balaban J connectivity index is 1.48. The van der Waals surface area contributed by atoms with Crippen molar-refractivity contribution in [1.29, 1.82) is 0 Å². The molecule has 3 rings (SSSR count). The fourth-order valence-electron chi connectivity index (χ4n) is 8.24. The zero-order valence-corrected chi connectivity index (χ0v) is 43.5. The van der Waals surface area contributed by atoms with Gasteiger partial charge in [-0.15, -0.1) is 0 Å². The Morgan fingerprint density at radius 2 is 1.13 bits per heavy atom. The van der Waals surface area contributed by atoms with Gasteiger partial charge in [-0.2, -0.15) is 4.31 Å². The molecule has 0 saturated heterocycles. The maximum Gasteiger partial charge on any atom is 0.481 e. The Kier molecular flexibility index (Phi) is 30.7. The monoisotopic (exact) mass is 997 g/mol. The lowest BCUT2D eigenvalue weighted by Crippen LogP contribution is -2.29. The van der Waals surface area contributed by atoms with Gasteiger partial charge in [-0.25, -0.2) is 19.1 Å². The van der Waals surface area contributed by atoms with Crippen LogP contribution in [0.5, 0.6) is 0 Å². The predicted molar refractivity (Wildman–Crippen MR) is 269 cm³/mol. The number of hydrogen-bond donors (Lipinski definition) is 3. The molecular weight excluding hydrogens is 911 g/mol. The number of carbonyl (C=O) groups excluding carboxylic acids is 2. The van der Waals surface area contributed by atoms with Crippen molar-refractivity contribution in [3.05, 3.63) is 30.1 Å². The summed E-state index contributed by atoms with van der Waals surface area (Å²) in [5, 5.41) is 0.730. The van der Waals surface area contributed by atoms with Gasteiger partial charge in [-0.3, -0.25) is 18.6 Å². The number of ether oxygens (including phenoxy) is 3. The second kappa shape index (κ2) is 35.2. The van der Waals surface area contributed by atoms with Gasteiger partial charge >= 0.3 is 27.6 Å². The zero-order valence-electron chi connectivity index (χ0n) is 41.7. The maximum absolute atomic E-state index is 13.0. The number of pyridine rings is 1. The normalized spacial score (nSPS) is 14.0. The number of phosphoric acid groups is 2. The molecule has 2 unspecified atom stereocenters. The average molecular weight is 997 g/mol. The van der Waals surface area contributed by atoms with Crippen molar-refractivity contribution in [2.75, 3.05) is 32.2 Å². The van der Waals surface area contributed by atoms with Crippen LogP contribution < -0.4 is 5.73 Å². The standard InChI is InChI=1S/C50H86N4O12P2/c1-4-7-9-11-13-15-17-19-21-23-25-27-29-35-46(55)62-39-42(65-47(56)36-30-28-26-24-22-20-18-16-14-12-10-8-5-2)40-64-68(59,60)66-67(57,58)63-38-37-54-45(41-61-6-3)53-48-49(54)43-33-31-32-34-44(43)52-50(48)51/h31-34,42H,4-30,35-41H2,1-3H3,(H2,51,52)(H,57,58)(H,59,60)/t42-/m1/s1. The van der Waals surface area contributed by atoms with Gasteiger partial charge in [0.2, 0.25) is 0 Å². The van der Waals surface area contributed by atoms with Gasteiger partial charge in [0.15, 0.2) is 11.9 Å².